The first kappa shape index (κ1) is 9.24. The highest BCUT2D eigenvalue weighted by atomic mass is 15.1. The van der Waals surface area contributed by atoms with E-state index in [1.165, 1.54) is 12.8 Å². The van der Waals surface area contributed by atoms with Gasteiger partial charge in [0.1, 0.15) is 5.82 Å². The van der Waals surface area contributed by atoms with Crippen LogP contribution in [0, 0.1) is 5.41 Å². The molecule has 1 atom stereocenters. The van der Waals surface area contributed by atoms with Crippen LogP contribution in [0.25, 0.3) is 0 Å². The van der Waals surface area contributed by atoms with Gasteiger partial charge >= 0.3 is 0 Å². The Morgan fingerprint density at radius 3 is 2.86 bits per heavy atom. The van der Waals surface area contributed by atoms with Crippen LogP contribution in [0.2, 0.25) is 0 Å². The van der Waals surface area contributed by atoms with Crippen molar-refractivity contribution in [1.29, 1.82) is 0 Å². The molecule has 1 aliphatic rings. The molecule has 0 amide bonds. The second-order valence-electron chi connectivity index (χ2n) is 4.52. The Labute approximate surface area is 83.9 Å². The van der Waals surface area contributed by atoms with E-state index >= 15 is 0 Å². The molecule has 14 heavy (non-hydrogen) atoms. The van der Waals surface area contributed by atoms with Crippen molar-refractivity contribution in [3.05, 3.63) is 12.3 Å². The van der Waals surface area contributed by atoms with Crippen LogP contribution >= 0.6 is 0 Å². The van der Waals surface area contributed by atoms with Crippen molar-refractivity contribution in [2.45, 2.75) is 32.7 Å². The first-order valence-electron chi connectivity index (χ1n) is 4.93. The lowest BCUT2D eigenvalue weighted by molar-refractivity contribution is 0.159. The highest BCUT2D eigenvalue weighted by Crippen LogP contribution is 2.41. The standard InChI is InChI=1S/C10H16N4/c1-10(2)5-3-7(10)13-8-4-6-12-9(11)14-8/h4,6-7H,3,5H2,1-2H3,(H3,11,12,13,14). The van der Waals surface area contributed by atoms with E-state index in [9.17, 15) is 0 Å². The second kappa shape index (κ2) is 3.12. The Kier molecular flexibility index (Phi) is 2.06. The lowest BCUT2D eigenvalue weighted by atomic mass is 9.67. The average molecular weight is 192 g/mol. The molecule has 1 fully saturated rings. The minimum atomic E-state index is 0.326. The molecule has 0 aliphatic heterocycles. The maximum atomic E-state index is 5.50. The van der Waals surface area contributed by atoms with Crippen LogP contribution in [0.5, 0.6) is 0 Å². The van der Waals surface area contributed by atoms with Gasteiger partial charge in [0.05, 0.1) is 0 Å². The normalized spacial score (nSPS) is 24.0. The molecule has 1 saturated carbocycles. The molecule has 0 aromatic carbocycles. The number of nitrogen functional groups attached to an aromatic ring is 1. The van der Waals surface area contributed by atoms with Gasteiger partial charge in [-0.15, -0.1) is 0 Å². The summed E-state index contributed by atoms with van der Waals surface area (Å²) in [4.78, 5) is 7.97. The molecule has 1 unspecified atom stereocenters. The Morgan fingerprint density at radius 2 is 2.36 bits per heavy atom. The summed E-state index contributed by atoms with van der Waals surface area (Å²) in [5.74, 6) is 1.16. The van der Waals surface area contributed by atoms with Gasteiger partial charge in [0.25, 0.3) is 0 Å². The fourth-order valence-corrected chi connectivity index (χ4v) is 1.77. The number of nitrogens with zero attached hydrogens (tertiary/aromatic N) is 2. The van der Waals surface area contributed by atoms with Gasteiger partial charge in [-0.1, -0.05) is 13.8 Å². The van der Waals surface area contributed by atoms with Crippen LogP contribution < -0.4 is 11.1 Å². The van der Waals surface area contributed by atoms with E-state index in [1.807, 2.05) is 6.07 Å². The zero-order chi connectivity index (χ0) is 10.2. The molecule has 2 rings (SSSR count). The number of nitrogens with one attached hydrogen (secondary N) is 1. The monoisotopic (exact) mass is 192 g/mol. The highest BCUT2D eigenvalue weighted by molar-refractivity contribution is 5.39. The fourth-order valence-electron chi connectivity index (χ4n) is 1.77. The molecule has 1 aromatic rings. The average Bonchev–Trinajstić information content (AvgIpc) is 2.13. The summed E-state index contributed by atoms with van der Waals surface area (Å²) in [7, 11) is 0. The van der Waals surface area contributed by atoms with Crippen molar-refractivity contribution in [2.24, 2.45) is 5.41 Å². The van der Waals surface area contributed by atoms with Crippen LogP contribution in [0.15, 0.2) is 12.3 Å². The van der Waals surface area contributed by atoms with Crippen molar-refractivity contribution in [3.8, 4) is 0 Å². The van der Waals surface area contributed by atoms with E-state index in [2.05, 4.69) is 29.1 Å². The van der Waals surface area contributed by atoms with Gasteiger partial charge in [-0.05, 0) is 24.3 Å². The van der Waals surface area contributed by atoms with Gasteiger partial charge in [-0.3, -0.25) is 0 Å². The number of nitrogens with two attached hydrogens (primary N) is 1. The molecule has 76 valence electrons. The predicted octanol–water partition coefficient (Wildman–Crippen LogP) is 1.66. The van der Waals surface area contributed by atoms with Gasteiger partial charge in [-0.2, -0.15) is 4.98 Å². The third-order valence-corrected chi connectivity index (χ3v) is 3.02. The predicted molar refractivity (Wildman–Crippen MR) is 56.9 cm³/mol. The van der Waals surface area contributed by atoms with Crippen LogP contribution in [-0.4, -0.2) is 16.0 Å². The Hall–Kier alpha value is -1.32. The fraction of sp³-hybridized carbons (Fsp3) is 0.600. The zero-order valence-corrected chi connectivity index (χ0v) is 8.62. The minimum Gasteiger partial charge on any atom is -0.368 e. The molecule has 0 saturated heterocycles. The van der Waals surface area contributed by atoms with E-state index in [1.54, 1.807) is 6.20 Å². The molecule has 1 aromatic heterocycles. The molecule has 0 radical (unpaired) electrons. The van der Waals surface area contributed by atoms with Crippen molar-refractivity contribution >= 4 is 11.8 Å². The van der Waals surface area contributed by atoms with Crippen LogP contribution in [0.1, 0.15) is 26.7 Å². The smallest absolute Gasteiger partial charge is 0.221 e. The molecule has 0 bridgehead atoms. The molecule has 1 aliphatic carbocycles. The van der Waals surface area contributed by atoms with E-state index in [0.29, 0.717) is 17.4 Å². The number of anilines is 2. The maximum Gasteiger partial charge on any atom is 0.221 e. The summed E-state index contributed by atoms with van der Waals surface area (Å²) < 4.78 is 0. The third-order valence-electron chi connectivity index (χ3n) is 3.02. The number of rotatable bonds is 2. The van der Waals surface area contributed by atoms with Gasteiger partial charge in [0.15, 0.2) is 0 Å². The Bertz CT molecular complexity index is 335. The van der Waals surface area contributed by atoms with E-state index in [0.717, 1.165) is 5.82 Å². The molecule has 3 N–H and O–H groups in total. The summed E-state index contributed by atoms with van der Waals surface area (Å²) in [6, 6.07) is 2.36. The van der Waals surface area contributed by atoms with E-state index in [4.69, 9.17) is 5.73 Å². The Balaban J connectivity index is 2.05. The minimum absolute atomic E-state index is 0.326. The first-order valence-corrected chi connectivity index (χ1v) is 4.93. The summed E-state index contributed by atoms with van der Waals surface area (Å²) in [6.45, 7) is 4.53. The van der Waals surface area contributed by atoms with Crippen molar-refractivity contribution in [1.82, 2.24) is 9.97 Å². The molecule has 1 heterocycles. The topological polar surface area (TPSA) is 63.8 Å². The molecular weight excluding hydrogens is 176 g/mol. The quantitative estimate of drug-likeness (QED) is 0.748. The third kappa shape index (κ3) is 1.64. The largest absolute Gasteiger partial charge is 0.368 e. The number of hydrogen-bond donors (Lipinski definition) is 2. The van der Waals surface area contributed by atoms with Crippen LogP contribution in [-0.2, 0) is 0 Å². The molecule has 0 spiro atoms. The molecule has 4 heteroatoms. The summed E-state index contributed by atoms with van der Waals surface area (Å²) in [5.41, 5.74) is 5.87. The first-order chi connectivity index (χ1) is 6.58. The summed E-state index contributed by atoms with van der Waals surface area (Å²) in [5, 5.41) is 3.38. The van der Waals surface area contributed by atoms with Crippen molar-refractivity contribution < 1.29 is 0 Å². The lowest BCUT2D eigenvalue weighted by Crippen LogP contribution is -2.45. The van der Waals surface area contributed by atoms with Crippen LogP contribution in [0.4, 0.5) is 11.8 Å². The SMILES string of the molecule is CC1(C)CCC1Nc1ccnc(N)n1. The van der Waals surface area contributed by atoms with Crippen molar-refractivity contribution in [3.63, 3.8) is 0 Å². The summed E-state index contributed by atoms with van der Waals surface area (Å²) in [6.07, 6.45) is 4.15. The maximum absolute atomic E-state index is 5.50. The molecule has 4 nitrogen and oxygen atoms in total. The van der Waals surface area contributed by atoms with Gasteiger partial charge in [-0.25, -0.2) is 4.98 Å². The van der Waals surface area contributed by atoms with Gasteiger partial charge in [0, 0.05) is 12.2 Å². The number of hydrogen-bond acceptors (Lipinski definition) is 4. The highest BCUT2D eigenvalue weighted by Gasteiger charge is 2.38. The Morgan fingerprint density at radius 1 is 1.57 bits per heavy atom. The van der Waals surface area contributed by atoms with E-state index in [-0.39, 0.29) is 0 Å². The zero-order valence-electron chi connectivity index (χ0n) is 8.62. The number of aromatic nitrogens is 2. The lowest BCUT2D eigenvalue weighted by Gasteiger charge is -2.45. The second-order valence-corrected chi connectivity index (χ2v) is 4.52. The molecular formula is C10H16N4. The van der Waals surface area contributed by atoms with Gasteiger partial charge < -0.3 is 11.1 Å². The van der Waals surface area contributed by atoms with Crippen molar-refractivity contribution in [2.75, 3.05) is 11.1 Å². The van der Waals surface area contributed by atoms with Crippen LogP contribution in [0.3, 0.4) is 0 Å². The van der Waals surface area contributed by atoms with E-state index < -0.39 is 0 Å². The van der Waals surface area contributed by atoms with Gasteiger partial charge in [0.2, 0.25) is 5.95 Å². The summed E-state index contributed by atoms with van der Waals surface area (Å²) >= 11 is 0.